The maximum atomic E-state index is 11.1. The average Bonchev–Trinajstić information content (AvgIpc) is 2.28. The minimum atomic E-state index is 0.407. The van der Waals surface area contributed by atoms with E-state index in [0.717, 1.165) is 19.3 Å². The largest absolute Gasteiger partial charge is 0.300 e. The lowest BCUT2D eigenvalue weighted by atomic mass is 10.00. The van der Waals surface area contributed by atoms with E-state index in [2.05, 4.69) is 58.9 Å². The van der Waals surface area contributed by atoms with Gasteiger partial charge in [0.2, 0.25) is 0 Å². The Morgan fingerprint density at radius 2 is 1.39 bits per heavy atom. The Hall–Kier alpha value is -1.11. The second kappa shape index (κ2) is 9.87. The molecule has 18 heavy (non-hydrogen) atoms. The summed E-state index contributed by atoms with van der Waals surface area (Å²) < 4.78 is 0. The third-order valence-electron chi connectivity index (χ3n) is 2.52. The number of rotatable bonds is 5. The van der Waals surface area contributed by atoms with Gasteiger partial charge in [-0.15, -0.1) is 0 Å². The van der Waals surface area contributed by atoms with Crippen LogP contribution in [0.5, 0.6) is 0 Å². The van der Waals surface area contributed by atoms with Crippen molar-refractivity contribution in [2.75, 3.05) is 0 Å². The normalized spacial score (nSPS) is 10.2. The van der Waals surface area contributed by atoms with Gasteiger partial charge in [0.25, 0.3) is 0 Å². The summed E-state index contributed by atoms with van der Waals surface area (Å²) in [5.74, 6) is 1.45. The molecule has 0 bridgehead atoms. The molecule has 0 aliphatic heterocycles. The van der Waals surface area contributed by atoms with Gasteiger partial charge in [-0.1, -0.05) is 65.0 Å². The number of aryl methyl sites for hydroxylation is 1. The predicted octanol–water partition coefficient (Wildman–Crippen LogP) is 4.90. The molecule has 1 aromatic rings. The van der Waals surface area contributed by atoms with Crippen molar-refractivity contribution in [1.29, 1.82) is 0 Å². The minimum absolute atomic E-state index is 0.407. The van der Waals surface area contributed by atoms with Crippen LogP contribution in [0.1, 0.15) is 53.0 Å². The van der Waals surface area contributed by atoms with E-state index in [0.29, 0.717) is 17.6 Å². The summed E-state index contributed by atoms with van der Waals surface area (Å²) in [6.45, 7) is 10.5. The highest BCUT2D eigenvalue weighted by atomic mass is 16.1. The van der Waals surface area contributed by atoms with Crippen molar-refractivity contribution in [3.63, 3.8) is 0 Å². The molecule has 0 atom stereocenters. The highest BCUT2D eigenvalue weighted by molar-refractivity contribution is 5.78. The van der Waals surface area contributed by atoms with Gasteiger partial charge in [-0.3, -0.25) is 4.79 Å². The summed E-state index contributed by atoms with van der Waals surface area (Å²) in [4.78, 5) is 11.1. The summed E-state index contributed by atoms with van der Waals surface area (Å²) in [5, 5.41) is 0. The van der Waals surface area contributed by atoms with Crippen molar-refractivity contribution in [2.45, 2.75) is 53.9 Å². The molecule has 0 unspecified atom stereocenters. The van der Waals surface area contributed by atoms with Crippen molar-refractivity contribution in [1.82, 2.24) is 0 Å². The van der Waals surface area contributed by atoms with Gasteiger partial charge in [0.05, 0.1) is 0 Å². The summed E-state index contributed by atoms with van der Waals surface area (Å²) >= 11 is 0. The van der Waals surface area contributed by atoms with Gasteiger partial charge in [-0.25, -0.2) is 0 Å². The van der Waals surface area contributed by atoms with Gasteiger partial charge in [0.1, 0.15) is 5.78 Å². The second-order valence-corrected chi connectivity index (χ2v) is 5.57. The molecular formula is C17H28O. The number of carbonyl (C=O) groups excluding carboxylic acids is 1. The minimum Gasteiger partial charge on any atom is -0.300 e. The van der Waals surface area contributed by atoms with E-state index in [1.54, 1.807) is 0 Å². The van der Waals surface area contributed by atoms with Gasteiger partial charge in [0.15, 0.2) is 0 Å². The number of carbonyl (C=O) groups is 1. The fourth-order valence-electron chi connectivity index (χ4n) is 1.71. The van der Waals surface area contributed by atoms with Crippen LogP contribution in [0.25, 0.3) is 0 Å². The molecule has 1 rings (SSSR count). The van der Waals surface area contributed by atoms with Crippen LogP contribution in [0.3, 0.4) is 0 Å². The van der Waals surface area contributed by atoms with E-state index in [4.69, 9.17) is 0 Å². The van der Waals surface area contributed by atoms with Crippen LogP contribution in [-0.2, 0) is 11.2 Å². The van der Waals surface area contributed by atoms with Crippen LogP contribution in [0, 0.1) is 11.8 Å². The van der Waals surface area contributed by atoms with E-state index in [1.807, 2.05) is 6.07 Å². The van der Waals surface area contributed by atoms with Crippen LogP contribution in [0.4, 0.5) is 0 Å². The molecule has 0 aromatic heterocycles. The molecule has 0 N–H and O–H groups in total. The Bertz CT molecular complexity index is 300. The van der Waals surface area contributed by atoms with E-state index < -0.39 is 0 Å². The first kappa shape index (κ1) is 16.9. The SMILES string of the molecule is CC(C)CC(=O)CC(C)C.CCc1ccccc1. The predicted molar refractivity (Wildman–Crippen MR) is 79.7 cm³/mol. The molecule has 1 nitrogen and oxygen atoms in total. The number of hydrogen-bond donors (Lipinski definition) is 0. The smallest absolute Gasteiger partial charge is 0.133 e. The number of ketones is 1. The maximum absolute atomic E-state index is 11.1. The highest BCUT2D eigenvalue weighted by Gasteiger charge is 2.06. The monoisotopic (exact) mass is 248 g/mol. The maximum Gasteiger partial charge on any atom is 0.133 e. The van der Waals surface area contributed by atoms with Crippen LogP contribution < -0.4 is 0 Å². The third kappa shape index (κ3) is 10.1. The zero-order valence-electron chi connectivity index (χ0n) is 12.6. The van der Waals surface area contributed by atoms with Gasteiger partial charge in [-0.05, 0) is 23.8 Å². The quantitative estimate of drug-likeness (QED) is 0.724. The fraction of sp³-hybridized carbons (Fsp3) is 0.588. The standard InChI is InChI=1S/C9H18O.C8H10/c1-7(2)5-9(10)6-8(3)4;1-2-8-6-4-3-5-7-8/h7-8H,5-6H2,1-4H3;3-7H,2H2,1H3. The Morgan fingerprint density at radius 1 is 0.944 bits per heavy atom. The van der Waals surface area contributed by atoms with Crippen LogP contribution >= 0.6 is 0 Å². The van der Waals surface area contributed by atoms with Crippen LogP contribution in [-0.4, -0.2) is 5.78 Å². The zero-order chi connectivity index (χ0) is 14.0. The molecule has 0 amide bonds. The average molecular weight is 248 g/mol. The first-order valence-corrected chi connectivity index (χ1v) is 7.01. The molecule has 1 aromatic carbocycles. The topological polar surface area (TPSA) is 17.1 Å². The molecule has 0 fully saturated rings. The molecule has 0 saturated carbocycles. The Labute approximate surface area is 113 Å². The van der Waals surface area contributed by atoms with Crippen molar-refractivity contribution in [3.8, 4) is 0 Å². The summed E-state index contributed by atoms with van der Waals surface area (Å²) in [7, 11) is 0. The lowest BCUT2D eigenvalue weighted by Gasteiger charge is -2.05. The lowest BCUT2D eigenvalue weighted by molar-refractivity contribution is -0.120. The molecule has 0 radical (unpaired) electrons. The first-order valence-electron chi connectivity index (χ1n) is 7.01. The number of Topliss-reactive ketones (excluding diaryl/α,β-unsaturated/α-hetero) is 1. The van der Waals surface area contributed by atoms with Gasteiger partial charge >= 0.3 is 0 Å². The Balaban J connectivity index is 0.000000327. The van der Waals surface area contributed by atoms with Crippen molar-refractivity contribution in [3.05, 3.63) is 35.9 Å². The highest BCUT2D eigenvalue weighted by Crippen LogP contribution is 2.07. The Kier molecular flexibility index (Phi) is 9.26. The zero-order valence-corrected chi connectivity index (χ0v) is 12.6. The fourth-order valence-corrected chi connectivity index (χ4v) is 1.71. The van der Waals surface area contributed by atoms with E-state index >= 15 is 0 Å². The molecule has 0 aliphatic carbocycles. The van der Waals surface area contributed by atoms with E-state index in [-0.39, 0.29) is 0 Å². The van der Waals surface area contributed by atoms with E-state index in [1.165, 1.54) is 5.56 Å². The summed E-state index contributed by atoms with van der Waals surface area (Å²) in [5.41, 5.74) is 1.41. The van der Waals surface area contributed by atoms with Crippen LogP contribution in [0.15, 0.2) is 30.3 Å². The van der Waals surface area contributed by atoms with Crippen molar-refractivity contribution < 1.29 is 4.79 Å². The summed E-state index contributed by atoms with van der Waals surface area (Å²) in [6, 6.07) is 10.5. The van der Waals surface area contributed by atoms with Crippen LogP contribution in [0.2, 0.25) is 0 Å². The molecule has 102 valence electrons. The van der Waals surface area contributed by atoms with Crippen molar-refractivity contribution in [2.24, 2.45) is 11.8 Å². The van der Waals surface area contributed by atoms with Gasteiger partial charge < -0.3 is 0 Å². The third-order valence-corrected chi connectivity index (χ3v) is 2.52. The number of hydrogen-bond acceptors (Lipinski definition) is 1. The summed E-state index contributed by atoms with van der Waals surface area (Å²) in [6.07, 6.45) is 2.64. The Morgan fingerprint density at radius 3 is 1.67 bits per heavy atom. The van der Waals surface area contributed by atoms with Gasteiger partial charge in [-0.2, -0.15) is 0 Å². The molecule has 0 saturated heterocycles. The molecule has 0 heterocycles. The number of benzene rings is 1. The van der Waals surface area contributed by atoms with Gasteiger partial charge in [0, 0.05) is 12.8 Å². The lowest BCUT2D eigenvalue weighted by Crippen LogP contribution is -2.05. The second-order valence-electron chi connectivity index (χ2n) is 5.57. The molecular weight excluding hydrogens is 220 g/mol. The molecule has 0 spiro atoms. The first-order chi connectivity index (χ1) is 8.45. The molecule has 0 aliphatic rings. The molecule has 1 heteroatoms. The van der Waals surface area contributed by atoms with Crippen molar-refractivity contribution >= 4 is 5.78 Å². The van der Waals surface area contributed by atoms with E-state index in [9.17, 15) is 4.79 Å².